The maximum atomic E-state index is 13.6. The Balaban J connectivity index is 2.73. The van der Waals surface area contributed by atoms with E-state index in [1.165, 1.54) is 12.1 Å². The van der Waals surface area contributed by atoms with E-state index >= 15 is 0 Å². The minimum atomic E-state index is -0.374. The summed E-state index contributed by atoms with van der Waals surface area (Å²) < 4.78 is 23.7. The van der Waals surface area contributed by atoms with E-state index in [9.17, 15) is 4.39 Å². The van der Waals surface area contributed by atoms with Gasteiger partial charge in [0.25, 0.3) is 0 Å². The Bertz CT molecular complexity index is 455. The lowest BCUT2D eigenvalue weighted by Crippen LogP contribution is -2.29. The first kappa shape index (κ1) is 17.6. The van der Waals surface area contributed by atoms with E-state index in [1.54, 1.807) is 20.3 Å². The molecule has 0 aliphatic rings. The highest BCUT2D eigenvalue weighted by atomic mass is 19.1. The molecule has 0 bridgehead atoms. The topological polar surface area (TPSA) is 71.6 Å². The third kappa shape index (κ3) is 6.66. The number of hydrogen-bond donors (Lipinski definition) is 2. The largest absolute Gasteiger partial charge is 0.385 e. The Morgan fingerprint density at radius 2 is 1.90 bits per heavy atom. The van der Waals surface area contributed by atoms with Crippen LogP contribution in [0.1, 0.15) is 17.5 Å². The molecule has 3 N–H and O–H groups in total. The minimum Gasteiger partial charge on any atom is -0.385 e. The molecular formula is C15H24FN3O2. The number of ether oxygens (including phenoxy) is 2. The number of nitrogens with two attached hydrogens (primary N) is 1. The molecule has 0 radical (unpaired) electrons. The average molecular weight is 297 g/mol. The first-order chi connectivity index (χ1) is 10.1. The van der Waals surface area contributed by atoms with Gasteiger partial charge in [-0.25, -0.2) is 4.39 Å². The molecular weight excluding hydrogens is 273 g/mol. The van der Waals surface area contributed by atoms with Crippen molar-refractivity contribution in [3.63, 3.8) is 0 Å². The van der Waals surface area contributed by atoms with Gasteiger partial charge in [0.15, 0.2) is 0 Å². The predicted molar refractivity (Wildman–Crippen MR) is 81.1 cm³/mol. The smallest absolute Gasteiger partial charge is 0.124 e. The molecule has 1 rings (SSSR count). The summed E-state index contributed by atoms with van der Waals surface area (Å²) in [5.41, 5.74) is 6.64. The number of nitrogens with one attached hydrogen (secondary N) is 1. The molecule has 0 heterocycles. The van der Waals surface area contributed by atoms with Gasteiger partial charge in [0.2, 0.25) is 0 Å². The van der Waals surface area contributed by atoms with Crippen molar-refractivity contribution in [2.24, 2.45) is 5.73 Å². The van der Waals surface area contributed by atoms with Gasteiger partial charge in [-0.2, -0.15) is 0 Å². The molecule has 0 saturated carbocycles. The first-order valence-corrected chi connectivity index (χ1v) is 6.91. The molecule has 0 aliphatic heterocycles. The van der Waals surface area contributed by atoms with Crippen LogP contribution in [0.3, 0.4) is 0 Å². The number of hydrogen-bond acceptors (Lipinski definition) is 4. The molecule has 1 aromatic rings. The van der Waals surface area contributed by atoms with Crippen LogP contribution in [0.5, 0.6) is 0 Å². The second kappa shape index (κ2) is 9.44. The maximum absolute atomic E-state index is 13.6. The Morgan fingerprint density at radius 1 is 1.19 bits per heavy atom. The fourth-order valence-corrected chi connectivity index (χ4v) is 2.08. The van der Waals surface area contributed by atoms with Crippen LogP contribution in [0, 0.1) is 11.2 Å². The molecule has 5 nitrogen and oxygen atoms in total. The third-order valence-electron chi connectivity index (χ3n) is 3.11. The lowest BCUT2D eigenvalue weighted by atomic mass is 10.1. The summed E-state index contributed by atoms with van der Waals surface area (Å²) in [6.45, 7) is 3.48. The van der Waals surface area contributed by atoms with E-state index in [0.29, 0.717) is 25.3 Å². The van der Waals surface area contributed by atoms with Crippen molar-refractivity contribution in [2.75, 3.05) is 40.5 Å². The zero-order chi connectivity index (χ0) is 15.7. The Hall–Kier alpha value is -1.50. The number of benzene rings is 1. The normalized spacial score (nSPS) is 11.0. The van der Waals surface area contributed by atoms with E-state index in [-0.39, 0.29) is 11.7 Å². The van der Waals surface area contributed by atoms with Crippen molar-refractivity contribution in [2.45, 2.75) is 13.0 Å². The third-order valence-corrected chi connectivity index (χ3v) is 3.11. The molecule has 0 aliphatic carbocycles. The monoisotopic (exact) mass is 297 g/mol. The lowest BCUT2D eigenvalue weighted by Gasteiger charge is -2.22. The molecule has 1 aromatic carbocycles. The Labute approximate surface area is 125 Å². The van der Waals surface area contributed by atoms with Crippen LogP contribution in [-0.4, -0.2) is 51.3 Å². The van der Waals surface area contributed by atoms with Crippen molar-refractivity contribution in [3.05, 3.63) is 35.1 Å². The molecule has 0 aromatic heterocycles. The quantitative estimate of drug-likeness (QED) is 0.391. The van der Waals surface area contributed by atoms with E-state index in [2.05, 4.69) is 4.90 Å². The second-order valence-electron chi connectivity index (χ2n) is 4.88. The maximum Gasteiger partial charge on any atom is 0.124 e. The number of methoxy groups -OCH3 is 2. The number of nitrogens with zero attached hydrogens (tertiary/aromatic N) is 1. The van der Waals surface area contributed by atoms with Crippen molar-refractivity contribution in [1.29, 1.82) is 5.41 Å². The van der Waals surface area contributed by atoms with Gasteiger partial charge in [0, 0.05) is 46.0 Å². The van der Waals surface area contributed by atoms with Gasteiger partial charge in [0.1, 0.15) is 11.7 Å². The van der Waals surface area contributed by atoms with Crippen molar-refractivity contribution >= 4 is 5.84 Å². The lowest BCUT2D eigenvalue weighted by molar-refractivity contribution is 0.129. The predicted octanol–water partition coefficient (Wildman–Crippen LogP) is 1.59. The summed E-state index contributed by atoms with van der Waals surface area (Å²) in [5.74, 6) is -0.500. The average Bonchev–Trinajstić information content (AvgIpc) is 2.44. The molecule has 0 atom stereocenters. The van der Waals surface area contributed by atoms with Crippen molar-refractivity contribution in [1.82, 2.24) is 4.90 Å². The van der Waals surface area contributed by atoms with E-state index in [0.717, 1.165) is 25.1 Å². The fraction of sp³-hybridized carbons (Fsp3) is 0.533. The van der Waals surface area contributed by atoms with Crippen LogP contribution >= 0.6 is 0 Å². The first-order valence-electron chi connectivity index (χ1n) is 6.91. The Morgan fingerprint density at radius 3 is 2.52 bits per heavy atom. The standard InChI is InChI=1S/C15H24FN3O2/c1-20-6-3-4-19(5-7-21-2)11-12-8-13(15(17)18)10-14(16)9-12/h8-10H,3-7,11H2,1-2H3,(H3,17,18). The molecule has 118 valence electrons. The number of nitrogen functional groups attached to an aromatic ring is 1. The minimum absolute atomic E-state index is 0.126. The van der Waals surface area contributed by atoms with Crippen LogP contribution in [0.25, 0.3) is 0 Å². The molecule has 0 unspecified atom stereocenters. The highest BCUT2D eigenvalue weighted by Gasteiger charge is 2.09. The highest BCUT2D eigenvalue weighted by molar-refractivity contribution is 5.95. The van der Waals surface area contributed by atoms with Gasteiger partial charge >= 0.3 is 0 Å². The molecule has 21 heavy (non-hydrogen) atoms. The Kier molecular flexibility index (Phi) is 7.89. The van der Waals surface area contributed by atoms with Crippen molar-refractivity contribution in [3.8, 4) is 0 Å². The number of halogens is 1. The zero-order valence-corrected chi connectivity index (χ0v) is 12.7. The van der Waals surface area contributed by atoms with Crippen LogP contribution in [-0.2, 0) is 16.0 Å². The SMILES string of the molecule is COCCCN(CCOC)Cc1cc(F)cc(C(=N)N)c1. The zero-order valence-electron chi connectivity index (χ0n) is 12.7. The van der Waals surface area contributed by atoms with Crippen LogP contribution in [0.15, 0.2) is 18.2 Å². The van der Waals surface area contributed by atoms with Gasteiger partial charge < -0.3 is 15.2 Å². The van der Waals surface area contributed by atoms with E-state index < -0.39 is 0 Å². The second-order valence-corrected chi connectivity index (χ2v) is 4.88. The number of rotatable bonds is 10. The molecule has 6 heteroatoms. The summed E-state index contributed by atoms with van der Waals surface area (Å²) >= 11 is 0. The van der Waals surface area contributed by atoms with Crippen LogP contribution < -0.4 is 5.73 Å². The van der Waals surface area contributed by atoms with E-state index in [4.69, 9.17) is 20.6 Å². The summed E-state index contributed by atoms with van der Waals surface area (Å²) in [5, 5.41) is 7.42. The number of amidine groups is 1. The van der Waals surface area contributed by atoms with Crippen LogP contribution in [0.2, 0.25) is 0 Å². The molecule has 0 amide bonds. The van der Waals surface area contributed by atoms with Gasteiger partial charge in [0.05, 0.1) is 6.61 Å². The van der Waals surface area contributed by atoms with Gasteiger partial charge in [-0.1, -0.05) is 0 Å². The molecule has 0 fully saturated rings. The van der Waals surface area contributed by atoms with Gasteiger partial charge in [-0.15, -0.1) is 0 Å². The fourth-order valence-electron chi connectivity index (χ4n) is 2.08. The van der Waals surface area contributed by atoms with Gasteiger partial charge in [-0.05, 0) is 30.2 Å². The molecule has 0 spiro atoms. The molecule has 0 saturated heterocycles. The summed E-state index contributed by atoms with van der Waals surface area (Å²) in [7, 11) is 3.33. The summed E-state index contributed by atoms with van der Waals surface area (Å²) in [6, 6.07) is 4.50. The van der Waals surface area contributed by atoms with Gasteiger partial charge in [-0.3, -0.25) is 10.3 Å². The van der Waals surface area contributed by atoms with Crippen LogP contribution in [0.4, 0.5) is 4.39 Å². The highest BCUT2D eigenvalue weighted by Crippen LogP contribution is 2.12. The van der Waals surface area contributed by atoms with Crippen molar-refractivity contribution < 1.29 is 13.9 Å². The summed E-state index contributed by atoms with van der Waals surface area (Å²) in [4.78, 5) is 2.17. The summed E-state index contributed by atoms with van der Waals surface area (Å²) in [6.07, 6.45) is 0.898. The van der Waals surface area contributed by atoms with E-state index in [1.807, 2.05) is 0 Å².